The second-order valence-electron chi connectivity index (χ2n) is 3.90. The Kier molecular flexibility index (Phi) is 2.98. The zero-order chi connectivity index (χ0) is 9.99. The Balaban J connectivity index is 4.33. The zero-order valence-electron chi connectivity index (χ0n) is 7.88. The molecule has 2 N–H and O–H groups in total. The maximum atomic E-state index is 11.1. The highest BCUT2D eigenvalue weighted by Gasteiger charge is 2.32. The quantitative estimate of drug-likeness (QED) is 0.369. The SMILES string of the molecule is CC(C)(C)OC(=O)C(C)(N)C=O. The van der Waals surface area contributed by atoms with Gasteiger partial charge in [-0.3, -0.25) is 0 Å². The molecule has 0 aliphatic rings. The Labute approximate surface area is 72.1 Å². The standard InChI is InChI=1S/C8H15NO3/c1-7(2,3)12-6(11)8(4,9)5-10/h5H,9H2,1-4H3. The Bertz CT molecular complexity index is 191. The van der Waals surface area contributed by atoms with E-state index in [1.807, 2.05) is 0 Å². The van der Waals surface area contributed by atoms with Crippen LogP contribution in [0.2, 0.25) is 0 Å². The summed E-state index contributed by atoms with van der Waals surface area (Å²) in [6.45, 7) is 6.46. The van der Waals surface area contributed by atoms with Crippen molar-refractivity contribution in [1.82, 2.24) is 0 Å². The minimum Gasteiger partial charge on any atom is -0.458 e. The van der Waals surface area contributed by atoms with E-state index in [9.17, 15) is 9.59 Å². The molecule has 0 saturated heterocycles. The van der Waals surface area contributed by atoms with Crippen molar-refractivity contribution in [2.75, 3.05) is 0 Å². The minimum absolute atomic E-state index is 0.376. The van der Waals surface area contributed by atoms with Gasteiger partial charge in [-0.15, -0.1) is 0 Å². The van der Waals surface area contributed by atoms with Crippen molar-refractivity contribution in [2.45, 2.75) is 38.8 Å². The van der Waals surface area contributed by atoms with Gasteiger partial charge in [0.2, 0.25) is 0 Å². The lowest BCUT2D eigenvalue weighted by Crippen LogP contribution is -2.49. The fraction of sp³-hybridized carbons (Fsp3) is 0.750. The molecule has 0 aliphatic carbocycles. The van der Waals surface area contributed by atoms with Gasteiger partial charge in [-0.05, 0) is 27.7 Å². The minimum atomic E-state index is -1.53. The Morgan fingerprint density at radius 1 is 1.33 bits per heavy atom. The van der Waals surface area contributed by atoms with E-state index in [0.29, 0.717) is 6.29 Å². The van der Waals surface area contributed by atoms with Gasteiger partial charge in [0.05, 0.1) is 0 Å². The largest absolute Gasteiger partial charge is 0.458 e. The van der Waals surface area contributed by atoms with E-state index in [4.69, 9.17) is 10.5 Å². The molecule has 0 fully saturated rings. The average molecular weight is 173 g/mol. The number of ether oxygens (including phenoxy) is 1. The van der Waals surface area contributed by atoms with Gasteiger partial charge in [-0.2, -0.15) is 0 Å². The number of aldehydes is 1. The molecule has 4 heteroatoms. The first kappa shape index (κ1) is 11.1. The number of carbonyl (C=O) groups is 2. The Morgan fingerprint density at radius 2 is 1.75 bits per heavy atom. The monoisotopic (exact) mass is 173 g/mol. The molecule has 1 unspecified atom stereocenters. The number of esters is 1. The van der Waals surface area contributed by atoms with Crippen molar-refractivity contribution in [2.24, 2.45) is 5.73 Å². The number of hydrogen-bond acceptors (Lipinski definition) is 4. The van der Waals surface area contributed by atoms with Crippen molar-refractivity contribution in [3.63, 3.8) is 0 Å². The van der Waals surface area contributed by atoms with E-state index in [0.717, 1.165) is 0 Å². The molecular formula is C8H15NO3. The van der Waals surface area contributed by atoms with Crippen molar-refractivity contribution < 1.29 is 14.3 Å². The molecule has 12 heavy (non-hydrogen) atoms. The van der Waals surface area contributed by atoms with E-state index >= 15 is 0 Å². The number of rotatable bonds is 2. The van der Waals surface area contributed by atoms with Crippen LogP contribution < -0.4 is 5.73 Å². The van der Waals surface area contributed by atoms with Crippen LogP contribution in [0.1, 0.15) is 27.7 Å². The lowest BCUT2D eigenvalue weighted by Gasteiger charge is -2.24. The predicted molar refractivity (Wildman–Crippen MR) is 44.5 cm³/mol. The maximum absolute atomic E-state index is 11.1. The van der Waals surface area contributed by atoms with Crippen molar-refractivity contribution in [3.05, 3.63) is 0 Å². The molecule has 0 amide bonds. The normalized spacial score (nSPS) is 16.4. The predicted octanol–water partition coefficient (Wildman–Crippen LogP) is 0.244. The molecule has 0 radical (unpaired) electrons. The van der Waals surface area contributed by atoms with Crippen LogP contribution in [0.15, 0.2) is 0 Å². The Morgan fingerprint density at radius 3 is 2.00 bits per heavy atom. The van der Waals surface area contributed by atoms with Crippen LogP contribution >= 0.6 is 0 Å². The fourth-order valence-corrected chi connectivity index (χ4v) is 0.436. The zero-order valence-corrected chi connectivity index (χ0v) is 7.88. The van der Waals surface area contributed by atoms with Gasteiger partial charge in [-0.1, -0.05) is 0 Å². The fourth-order valence-electron chi connectivity index (χ4n) is 0.436. The van der Waals surface area contributed by atoms with Gasteiger partial charge in [0.1, 0.15) is 5.60 Å². The molecule has 0 aromatic rings. The van der Waals surface area contributed by atoms with Crippen molar-refractivity contribution in [3.8, 4) is 0 Å². The summed E-state index contributed by atoms with van der Waals surface area (Å²) in [5.74, 6) is -0.704. The summed E-state index contributed by atoms with van der Waals surface area (Å²) < 4.78 is 4.90. The van der Waals surface area contributed by atoms with E-state index in [-0.39, 0.29) is 0 Å². The second kappa shape index (κ2) is 3.23. The molecular weight excluding hydrogens is 158 g/mol. The summed E-state index contributed by atoms with van der Waals surface area (Å²) >= 11 is 0. The van der Waals surface area contributed by atoms with E-state index in [2.05, 4.69) is 0 Å². The smallest absolute Gasteiger partial charge is 0.333 e. The van der Waals surface area contributed by atoms with Crippen molar-refractivity contribution in [1.29, 1.82) is 0 Å². The lowest BCUT2D eigenvalue weighted by molar-refractivity contribution is -0.161. The number of hydrogen-bond donors (Lipinski definition) is 1. The maximum Gasteiger partial charge on any atom is 0.333 e. The molecule has 4 nitrogen and oxygen atoms in total. The molecule has 0 aromatic carbocycles. The van der Waals surface area contributed by atoms with Gasteiger partial charge in [0, 0.05) is 0 Å². The van der Waals surface area contributed by atoms with Crippen LogP contribution in [0.5, 0.6) is 0 Å². The topological polar surface area (TPSA) is 69.4 Å². The molecule has 0 spiro atoms. The molecule has 0 aromatic heterocycles. The molecule has 0 heterocycles. The lowest BCUT2D eigenvalue weighted by atomic mass is 10.1. The molecule has 0 aliphatic heterocycles. The second-order valence-corrected chi connectivity index (χ2v) is 3.90. The van der Waals surface area contributed by atoms with Crippen LogP contribution in [-0.2, 0) is 14.3 Å². The highest BCUT2D eigenvalue weighted by Crippen LogP contribution is 2.10. The first-order valence-corrected chi connectivity index (χ1v) is 3.68. The highest BCUT2D eigenvalue weighted by atomic mass is 16.6. The molecule has 70 valence electrons. The van der Waals surface area contributed by atoms with Crippen LogP contribution in [0.3, 0.4) is 0 Å². The number of carbonyl (C=O) groups excluding carboxylic acids is 2. The Hall–Kier alpha value is -0.900. The summed E-state index contributed by atoms with van der Waals surface area (Å²) in [7, 11) is 0. The molecule has 0 bridgehead atoms. The van der Waals surface area contributed by atoms with E-state index in [1.54, 1.807) is 20.8 Å². The molecule has 0 rings (SSSR count). The summed E-state index contributed by atoms with van der Waals surface area (Å²) in [6, 6.07) is 0. The summed E-state index contributed by atoms with van der Waals surface area (Å²) in [5, 5.41) is 0. The van der Waals surface area contributed by atoms with Gasteiger partial charge in [0.15, 0.2) is 11.8 Å². The summed E-state index contributed by atoms with van der Waals surface area (Å²) in [4.78, 5) is 21.5. The highest BCUT2D eigenvalue weighted by molar-refractivity contribution is 5.97. The summed E-state index contributed by atoms with van der Waals surface area (Å²) in [6.07, 6.45) is 0.376. The van der Waals surface area contributed by atoms with E-state index < -0.39 is 17.1 Å². The van der Waals surface area contributed by atoms with E-state index in [1.165, 1.54) is 6.92 Å². The van der Waals surface area contributed by atoms with Gasteiger partial charge < -0.3 is 15.3 Å². The number of nitrogens with two attached hydrogens (primary N) is 1. The van der Waals surface area contributed by atoms with Crippen LogP contribution in [0.4, 0.5) is 0 Å². The third-order valence-electron chi connectivity index (χ3n) is 1.08. The third kappa shape index (κ3) is 3.48. The van der Waals surface area contributed by atoms with Crippen LogP contribution in [0.25, 0.3) is 0 Å². The van der Waals surface area contributed by atoms with Crippen LogP contribution in [0, 0.1) is 0 Å². The summed E-state index contributed by atoms with van der Waals surface area (Å²) in [5.41, 5.74) is 3.18. The third-order valence-corrected chi connectivity index (χ3v) is 1.08. The van der Waals surface area contributed by atoms with Gasteiger partial charge in [0.25, 0.3) is 0 Å². The first-order valence-electron chi connectivity index (χ1n) is 3.68. The van der Waals surface area contributed by atoms with Crippen LogP contribution in [-0.4, -0.2) is 23.4 Å². The molecule has 1 atom stereocenters. The van der Waals surface area contributed by atoms with Crippen molar-refractivity contribution >= 4 is 12.3 Å². The molecule has 0 saturated carbocycles. The van der Waals surface area contributed by atoms with Gasteiger partial charge >= 0.3 is 5.97 Å². The van der Waals surface area contributed by atoms with Gasteiger partial charge in [-0.25, -0.2) is 4.79 Å². The first-order chi connectivity index (χ1) is 5.19. The average Bonchev–Trinajstić information content (AvgIpc) is 1.84.